The molecule has 0 radical (unpaired) electrons. The van der Waals surface area contributed by atoms with E-state index in [2.05, 4.69) is 9.71 Å². The van der Waals surface area contributed by atoms with E-state index in [1.807, 2.05) is 0 Å². The molecule has 1 N–H and O–H groups in total. The van der Waals surface area contributed by atoms with E-state index < -0.39 is 10.0 Å². The zero-order chi connectivity index (χ0) is 13.3. The van der Waals surface area contributed by atoms with Gasteiger partial charge in [-0.3, -0.25) is 4.72 Å². The van der Waals surface area contributed by atoms with Gasteiger partial charge in [0.25, 0.3) is 10.0 Å². The van der Waals surface area contributed by atoms with Gasteiger partial charge in [-0.2, -0.15) is 0 Å². The molecule has 9 heteroatoms. The Balaban J connectivity index is 2.33. The number of nitrogens with one attached hydrogen (secondary N) is 1. The maximum Gasteiger partial charge on any atom is 0.273 e. The predicted molar refractivity (Wildman–Crippen MR) is 74.4 cm³/mol. The number of halogens is 3. The molecule has 2 aromatic rings. The predicted octanol–water partition coefficient (Wildman–Crippen LogP) is 3.90. The summed E-state index contributed by atoms with van der Waals surface area (Å²) >= 11 is 18.0. The van der Waals surface area contributed by atoms with Crippen molar-refractivity contribution < 1.29 is 8.42 Å². The van der Waals surface area contributed by atoms with E-state index in [-0.39, 0.29) is 14.4 Å². The molecule has 0 spiro atoms. The van der Waals surface area contributed by atoms with Crippen molar-refractivity contribution in [3.63, 3.8) is 0 Å². The van der Waals surface area contributed by atoms with Crippen molar-refractivity contribution in [3.8, 4) is 0 Å². The minimum atomic E-state index is -3.72. The lowest BCUT2D eigenvalue weighted by atomic mass is 10.3. The first-order chi connectivity index (χ1) is 8.37. The number of anilines is 1. The summed E-state index contributed by atoms with van der Waals surface area (Å²) in [6.45, 7) is 0. The molecule has 1 aromatic carbocycles. The zero-order valence-corrected chi connectivity index (χ0v) is 12.4. The van der Waals surface area contributed by atoms with Gasteiger partial charge < -0.3 is 0 Å². The normalized spacial score (nSPS) is 11.5. The molecule has 0 fully saturated rings. The summed E-state index contributed by atoms with van der Waals surface area (Å²) < 4.78 is 26.4. The fourth-order valence-corrected chi connectivity index (χ4v) is 4.04. The minimum absolute atomic E-state index is 0.0172. The van der Waals surface area contributed by atoms with Crippen LogP contribution in [-0.2, 0) is 10.0 Å². The summed E-state index contributed by atoms with van der Waals surface area (Å²) in [5.41, 5.74) is 0.275. The second-order valence-electron chi connectivity index (χ2n) is 3.20. The highest BCUT2D eigenvalue weighted by Crippen LogP contribution is 2.27. The molecule has 0 aliphatic heterocycles. The van der Waals surface area contributed by atoms with Gasteiger partial charge in [0, 0.05) is 10.0 Å². The van der Waals surface area contributed by atoms with E-state index in [0.717, 1.165) is 11.3 Å². The van der Waals surface area contributed by atoms with Gasteiger partial charge in [0.15, 0.2) is 8.68 Å². The number of hydrogen-bond acceptors (Lipinski definition) is 4. The van der Waals surface area contributed by atoms with Crippen molar-refractivity contribution >= 4 is 61.9 Å². The quantitative estimate of drug-likeness (QED) is 0.919. The molecule has 0 aliphatic carbocycles. The van der Waals surface area contributed by atoms with E-state index in [1.54, 1.807) is 0 Å². The first-order valence-electron chi connectivity index (χ1n) is 4.47. The fourth-order valence-electron chi connectivity index (χ4n) is 1.18. The highest BCUT2D eigenvalue weighted by molar-refractivity contribution is 7.94. The van der Waals surface area contributed by atoms with Gasteiger partial charge in [0.2, 0.25) is 0 Å². The number of hydrogen-bond donors (Lipinski definition) is 1. The molecule has 96 valence electrons. The second-order valence-corrected chi connectivity index (χ2v) is 7.59. The third kappa shape index (κ3) is 3.27. The van der Waals surface area contributed by atoms with Crippen LogP contribution in [0.25, 0.3) is 0 Å². The van der Waals surface area contributed by atoms with Crippen LogP contribution in [-0.4, -0.2) is 13.4 Å². The Morgan fingerprint density at radius 2 is 1.72 bits per heavy atom. The Hall–Kier alpha value is -0.530. The Morgan fingerprint density at radius 3 is 2.22 bits per heavy atom. The molecule has 1 heterocycles. The fraction of sp³-hybridized carbons (Fsp3) is 0. The maximum absolute atomic E-state index is 12.0. The van der Waals surface area contributed by atoms with Gasteiger partial charge in [0.1, 0.15) is 0 Å². The Bertz CT molecular complexity index is 665. The van der Waals surface area contributed by atoms with Crippen LogP contribution in [0.1, 0.15) is 0 Å². The van der Waals surface area contributed by atoms with Gasteiger partial charge in [-0.1, -0.05) is 46.1 Å². The van der Waals surface area contributed by atoms with Crippen LogP contribution >= 0.6 is 46.1 Å². The average molecular weight is 344 g/mol. The summed E-state index contributed by atoms with van der Waals surface area (Å²) in [5.74, 6) is 0. The Kier molecular flexibility index (Phi) is 4.03. The van der Waals surface area contributed by atoms with Crippen LogP contribution in [0, 0.1) is 0 Å². The average Bonchev–Trinajstić information content (AvgIpc) is 2.62. The van der Waals surface area contributed by atoms with E-state index in [0.29, 0.717) is 10.0 Å². The standard InChI is InChI=1S/C9H5Cl3N2O2S2/c10-5-1-6(11)3-7(2-5)14-18(15,16)8-4-13-9(12)17-8/h1-4,14H. The molecular weight excluding hydrogens is 339 g/mol. The van der Waals surface area contributed by atoms with E-state index in [9.17, 15) is 8.42 Å². The lowest BCUT2D eigenvalue weighted by Crippen LogP contribution is -2.11. The Labute approximate surface area is 123 Å². The number of thiazole rings is 1. The first kappa shape index (κ1) is 13.9. The van der Waals surface area contributed by atoms with Crippen molar-refractivity contribution in [3.05, 3.63) is 38.9 Å². The molecule has 0 amide bonds. The van der Waals surface area contributed by atoms with Crippen LogP contribution < -0.4 is 4.72 Å². The molecule has 4 nitrogen and oxygen atoms in total. The summed E-state index contributed by atoms with van der Waals surface area (Å²) in [7, 11) is -3.72. The van der Waals surface area contributed by atoms with Gasteiger partial charge in [-0.25, -0.2) is 13.4 Å². The summed E-state index contributed by atoms with van der Waals surface area (Å²) in [5, 5.41) is 0.671. The molecule has 2 rings (SSSR count). The maximum atomic E-state index is 12.0. The van der Waals surface area contributed by atoms with Gasteiger partial charge >= 0.3 is 0 Å². The Morgan fingerprint density at radius 1 is 1.11 bits per heavy atom. The van der Waals surface area contributed by atoms with Crippen molar-refractivity contribution in [1.29, 1.82) is 0 Å². The molecule has 0 atom stereocenters. The number of benzene rings is 1. The zero-order valence-electron chi connectivity index (χ0n) is 8.52. The number of nitrogens with zero attached hydrogens (tertiary/aromatic N) is 1. The third-order valence-electron chi connectivity index (χ3n) is 1.84. The van der Waals surface area contributed by atoms with Crippen LogP contribution in [0.3, 0.4) is 0 Å². The van der Waals surface area contributed by atoms with E-state index >= 15 is 0 Å². The minimum Gasteiger partial charge on any atom is -0.279 e. The van der Waals surface area contributed by atoms with Crippen molar-refractivity contribution in [1.82, 2.24) is 4.98 Å². The lowest BCUT2D eigenvalue weighted by Gasteiger charge is -2.06. The van der Waals surface area contributed by atoms with Crippen LogP contribution in [0.5, 0.6) is 0 Å². The smallest absolute Gasteiger partial charge is 0.273 e. The molecule has 0 bridgehead atoms. The highest BCUT2D eigenvalue weighted by atomic mass is 35.5. The van der Waals surface area contributed by atoms with Crippen molar-refractivity contribution in [2.45, 2.75) is 4.21 Å². The summed E-state index contributed by atoms with van der Waals surface area (Å²) in [6.07, 6.45) is 1.18. The van der Waals surface area contributed by atoms with Crippen molar-refractivity contribution in [2.24, 2.45) is 0 Å². The number of sulfonamides is 1. The molecule has 1 aromatic heterocycles. The highest BCUT2D eigenvalue weighted by Gasteiger charge is 2.18. The molecule has 0 aliphatic rings. The lowest BCUT2D eigenvalue weighted by molar-refractivity contribution is 0.603. The summed E-state index contributed by atoms with van der Waals surface area (Å²) in [6, 6.07) is 4.41. The van der Waals surface area contributed by atoms with Gasteiger partial charge in [-0.05, 0) is 18.2 Å². The van der Waals surface area contributed by atoms with Crippen LogP contribution in [0.2, 0.25) is 14.5 Å². The second kappa shape index (κ2) is 5.22. The number of aromatic nitrogens is 1. The van der Waals surface area contributed by atoms with Crippen LogP contribution in [0.15, 0.2) is 28.6 Å². The van der Waals surface area contributed by atoms with Crippen molar-refractivity contribution in [2.75, 3.05) is 4.72 Å². The van der Waals surface area contributed by atoms with E-state index in [4.69, 9.17) is 34.8 Å². The monoisotopic (exact) mass is 342 g/mol. The van der Waals surface area contributed by atoms with Gasteiger partial charge in [0.05, 0.1) is 11.9 Å². The third-order valence-corrected chi connectivity index (χ3v) is 5.23. The molecular formula is C9H5Cl3N2O2S2. The molecule has 0 saturated carbocycles. The summed E-state index contributed by atoms with van der Waals surface area (Å²) in [4.78, 5) is 3.67. The van der Waals surface area contributed by atoms with E-state index in [1.165, 1.54) is 24.4 Å². The largest absolute Gasteiger partial charge is 0.279 e. The van der Waals surface area contributed by atoms with Gasteiger partial charge in [-0.15, -0.1) is 0 Å². The van der Waals surface area contributed by atoms with Crippen LogP contribution in [0.4, 0.5) is 5.69 Å². The first-order valence-corrected chi connectivity index (χ1v) is 7.90. The number of rotatable bonds is 3. The molecule has 0 saturated heterocycles. The molecule has 0 unspecified atom stereocenters. The topological polar surface area (TPSA) is 59.1 Å². The SMILES string of the molecule is O=S(=O)(Nc1cc(Cl)cc(Cl)c1)c1cnc(Cl)s1. The molecule has 18 heavy (non-hydrogen) atoms.